The lowest BCUT2D eigenvalue weighted by molar-refractivity contribution is -0.129. The minimum absolute atomic E-state index is 0.226. The van der Waals surface area contributed by atoms with Crippen molar-refractivity contribution in [2.24, 2.45) is 5.92 Å². The van der Waals surface area contributed by atoms with Gasteiger partial charge in [0.1, 0.15) is 0 Å². The van der Waals surface area contributed by atoms with Gasteiger partial charge in [0.15, 0.2) is 0 Å². The van der Waals surface area contributed by atoms with Crippen LogP contribution in [-0.4, -0.2) is 5.91 Å². The summed E-state index contributed by atoms with van der Waals surface area (Å²) in [5.41, 5.74) is 0.962. The Morgan fingerprint density at radius 1 is 1.35 bits per heavy atom. The second-order valence-corrected chi connectivity index (χ2v) is 5.17. The molecule has 0 saturated heterocycles. The summed E-state index contributed by atoms with van der Waals surface area (Å²) in [6.07, 6.45) is 4.22. The molecule has 1 saturated carbocycles. The van der Waals surface area contributed by atoms with Crippen LogP contribution in [0.3, 0.4) is 0 Å². The van der Waals surface area contributed by atoms with Gasteiger partial charge >= 0.3 is 0 Å². The number of carbonyl (C=O) groups excluding carboxylic acids is 1. The van der Waals surface area contributed by atoms with Crippen molar-refractivity contribution in [1.29, 1.82) is 0 Å². The molecule has 0 radical (unpaired) electrons. The van der Waals surface area contributed by atoms with E-state index >= 15 is 0 Å². The first kappa shape index (κ1) is 12.2. The van der Waals surface area contributed by atoms with Crippen molar-refractivity contribution in [2.75, 3.05) is 0 Å². The van der Waals surface area contributed by atoms with E-state index in [1.165, 1.54) is 12.0 Å². The number of rotatable bonds is 4. The Balaban J connectivity index is 2.11. The summed E-state index contributed by atoms with van der Waals surface area (Å²) < 4.78 is 0. The van der Waals surface area contributed by atoms with Crippen molar-refractivity contribution in [2.45, 2.75) is 45.1 Å². The molecule has 1 amide bonds. The SMILES string of the molecule is CC[C@@](C)(NC(=O)C1CCC1)c1ccccc1. The summed E-state index contributed by atoms with van der Waals surface area (Å²) in [6.45, 7) is 4.23. The number of carbonyl (C=O) groups is 1. The van der Waals surface area contributed by atoms with E-state index in [2.05, 4.69) is 31.3 Å². The normalized spacial score (nSPS) is 19.2. The third kappa shape index (κ3) is 2.51. The first-order chi connectivity index (χ1) is 8.15. The van der Waals surface area contributed by atoms with Crippen LogP contribution in [0.1, 0.15) is 45.1 Å². The Hall–Kier alpha value is -1.31. The van der Waals surface area contributed by atoms with Crippen LogP contribution >= 0.6 is 0 Å². The number of amides is 1. The average molecular weight is 231 g/mol. The summed E-state index contributed by atoms with van der Waals surface area (Å²) in [4.78, 5) is 12.1. The van der Waals surface area contributed by atoms with Gasteiger partial charge in [-0.3, -0.25) is 4.79 Å². The molecule has 92 valence electrons. The lowest BCUT2D eigenvalue weighted by atomic mass is 9.82. The third-order valence-electron chi connectivity index (χ3n) is 3.99. The van der Waals surface area contributed by atoms with E-state index in [1.54, 1.807) is 0 Å². The number of benzene rings is 1. The lowest BCUT2D eigenvalue weighted by Gasteiger charge is -2.34. The molecule has 1 fully saturated rings. The first-order valence-electron chi connectivity index (χ1n) is 6.53. The van der Waals surface area contributed by atoms with Gasteiger partial charge in [0.2, 0.25) is 5.91 Å². The maximum absolute atomic E-state index is 12.1. The molecule has 0 aliphatic heterocycles. The average Bonchev–Trinajstić information content (AvgIpc) is 2.27. The fourth-order valence-electron chi connectivity index (χ4n) is 2.22. The molecule has 17 heavy (non-hydrogen) atoms. The fourth-order valence-corrected chi connectivity index (χ4v) is 2.22. The van der Waals surface area contributed by atoms with Gasteiger partial charge < -0.3 is 5.32 Å². The van der Waals surface area contributed by atoms with Crippen molar-refractivity contribution in [3.05, 3.63) is 35.9 Å². The van der Waals surface area contributed by atoms with Gasteiger partial charge in [0.25, 0.3) is 0 Å². The predicted octanol–water partition coefficient (Wildman–Crippen LogP) is 3.23. The smallest absolute Gasteiger partial charge is 0.223 e. The van der Waals surface area contributed by atoms with Crippen molar-refractivity contribution in [3.8, 4) is 0 Å². The molecule has 1 N–H and O–H groups in total. The summed E-state index contributed by atoms with van der Waals surface area (Å²) in [6, 6.07) is 10.2. The Morgan fingerprint density at radius 3 is 2.47 bits per heavy atom. The van der Waals surface area contributed by atoms with Gasteiger partial charge in [-0.05, 0) is 31.7 Å². The van der Waals surface area contributed by atoms with Crippen LogP contribution in [0.5, 0.6) is 0 Å². The standard InChI is InChI=1S/C15H21NO/c1-3-15(2,13-10-5-4-6-11-13)16-14(17)12-8-7-9-12/h4-6,10-12H,3,7-9H2,1-2H3,(H,16,17)/t15-/m1/s1. The van der Waals surface area contributed by atoms with E-state index in [1.807, 2.05) is 18.2 Å². The maximum Gasteiger partial charge on any atom is 0.223 e. The van der Waals surface area contributed by atoms with Gasteiger partial charge in [-0.2, -0.15) is 0 Å². The Labute approximate surface area is 103 Å². The second-order valence-electron chi connectivity index (χ2n) is 5.17. The van der Waals surface area contributed by atoms with E-state index in [0.717, 1.165) is 19.3 Å². The zero-order valence-electron chi connectivity index (χ0n) is 10.7. The van der Waals surface area contributed by atoms with E-state index in [-0.39, 0.29) is 17.4 Å². The van der Waals surface area contributed by atoms with Gasteiger partial charge in [0.05, 0.1) is 5.54 Å². The minimum atomic E-state index is -0.228. The minimum Gasteiger partial charge on any atom is -0.347 e. The number of hydrogen-bond acceptors (Lipinski definition) is 1. The van der Waals surface area contributed by atoms with E-state index in [0.29, 0.717) is 0 Å². The third-order valence-corrected chi connectivity index (χ3v) is 3.99. The molecule has 1 aliphatic carbocycles. The van der Waals surface area contributed by atoms with Crippen molar-refractivity contribution >= 4 is 5.91 Å². The number of nitrogens with one attached hydrogen (secondary N) is 1. The highest BCUT2D eigenvalue weighted by Gasteiger charge is 2.32. The molecule has 2 heteroatoms. The highest BCUT2D eigenvalue weighted by molar-refractivity contribution is 5.80. The van der Waals surface area contributed by atoms with Crippen LogP contribution in [0, 0.1) is 5.92 Å². The first-order valence-corrected chi connectivity index (χ1v) is 6.53. The highest BCUT2D eigenvalue weighted by Crippen LogP contribution is 2.30. The van der Waals surface area contributed by atoms with Gasteiger partial charge in [0, 0.05) is 5.92 Å². The molecule has 1 aromatic rings. The maximum atomic E-state index is 12.1. The van der Waals surface area contributed by atoms with Crippen molar-refractivity contribution in [3.63, 3.8) is 0 Å². The molecule has 0 aromatic heterocycles. The van der Waals surface area contributed by atoms with Crippen LogP contribution in [0.2, 0.25) is 0 Å². The Bertz CT molecular complexity index is 383. The van der Waals surface area contributed by atoms with Crippen molar-refractivity contribution < 1.29 is 4.79 Å². The zero-order valence-corrected chi connectivity index (χ0v) is 10.7. The van der Waals surface area contributed by atoms with Crippen LogP contribution < -0.4 is 5.32 Å². The van der Waals surface area contributed by atoms with Crippen LogP contribution in [0.4, 0.5) is 0 Å². The summed E-state index contributed by atoms with van der Waals surface area (Å²) >= 11 is 0. The van der Waals surface area contributed by atoms with Crippen LogP contribution in [0.15, 0.2) is 30.3 Å². The molecule has 2 rings (SSSR count). The van der Waals surface area contributed by atoms with Gasteiger partial charge in [-0.1, -0.05) is 43.7 Å². The van der Waals surface area contributed by atoms with E-state index < -0.39 is 0 Å². The van der Waals surface area contributed by atoms with Gasteiger partial charge in [-0.25, -0.2) is 0 Å². The summed E-state index contributed by atoms with van der Waals surface area (Å²) in [5, 5.41) is 3.22. The molecular weight excluding hydrogens is 210 g/mol. The quantitative estimate of drug-likeness (QED) is 0.847. The monoisotopic (exact) mass is 231 g/mol. The van der Waals surface area contributed by atoms with Crippen molar-refractivity contribution in [1.82, 2.24) is 5.32 Å². The molecule has 1 atom stereocenters. The Morgan fingerprint density at radius 2 is 2.00 bits per heavy atom. The predicted molar refractivity (Wildman–Crippen MR) is 69.6 cm³/mol. The largest absolute Gasteiger partial charge is 0.347 e. The molecule has 2 nitrogen and oxygen atoms in total. The summed E-state index contributed by atoms with van der Waals surface area (Å²) in [7, 11) is 0. The van der Waals surface area contributed by atoms with Crippen LogP contribution in [-0.2, 0) is 10.3 Å². The highest BCUT2D eigenvalue weighted by atomic mass is 16.2. The molecule has 0 bridgehead atoms. The molecule has 0 spiro atoms. The molecule has 1 aromatic carbocycles. The van der Waals surface area contributed by atoms with E-state index in [4.69, 9.17) is 0 Å². The second kappa shape index (κ2) is 4.91. The number of hydrogen-bond donors (Lipinski definition) is 1. The zero-order chi connectivity index (χ0) is 12.3. The topological polar surface area (TPSA) is 29.1 Å². The van der Waals surface area contributed by atoms with Crippen LogP contribution in [0.25, 0.3) is 0 Å². The van der Waals surface area contributed by atoms with E-state index in [9.17, 15) is 4.79 Å². The summed E-state index contributed by atoms with van der Waals surface area (Å²) in [5.74, 6) is 0.481. The Kier molecular flexibility index (Phi) is 3.51. The van der Waals surface area contributed by atoms with Gasteiger partial charge in [-0.15, -0.1) is 0 Å². The molecule has 1 aliphatic rings. The fraction of sp³-hybridized carbons (Fsp3) is 0.533. The molecular formula is C15H21NO. The lowest BCUT2D eigenvalue weighted by Crippen LogP contribution is -2.47. The molecule has 0 heterocycles. The molecule has 0 unspecified atom stereocenters.